The molecule has 1 aromatic rings. The standard InChI is InChI=1S/C35H57N3O9S/c1-7-17-35(8-2)22-48(46,47)29-16-15-25(38(5)6)19-26(29)31(34(35)45)23(3)12-11-13-24(4)37-30(42)14-9-10-18-36-20-27(40)32(43)33(44)28(41)21-39/h11-13,15-16,19,27-28,31-34,36,39-41,43-45H,3,7-10,14,17-18,20-22H2,1-2,4-6H3,(H,37,42). The summed E-state index contributed by atoms with van der Waals surface area (Å²) in [5, 5.41) is 65.4. The topological polar surface area (TPSA) is 200 Å². The maximum atomic E-state index is 13.7. The van der Waals surface area contributed by atoms with Gasteiger partial charge >= 0.3 is 0 Å². The van der Waals surface area contributed by atoms with Gasteiger partial charge in [0.2, 0.25) is 5.91 Å². The van der Waals surface area contributed by atoms with Crippen molar-refractivity contribution in [3.63, 3.8) is 0 Å². The number of carbonyl (C=O) groups excluding carboxylic acids is 1. The molecular formula is C35H57N3O9S. The zero-order valence-corrected chi connectivity index (χ0v) is 29.8. The van der Waals surface area contributed by atoms with Crippen LogP contribution in [0.2, 0.25) is 0 Å². The summed E-state index contributed by atoms with van der Waals surface area (Å²) < 4.78 is 27.4. The Morgan fingerprint density at radius 2 is 1.79 bits per heavy atom. The summed E-state index contributed by atoms with van der Waals surface area (Å²) in [4.78, 5) is 14.6. The Balaban J connectivity index is 2.05. The first-order chi connectivity index (χ1) is 22.5. The fourth-order valence-electron chi connectivity index (χ4n) is 6.23. The zero-order chi connectivity index (χ0) is 36.2. The lowest BCUT2D eigenvalue weighted by Crippen LogP contribution is -2.49. The van der Waals surface area contributed by atoms with Gasteiger partial charge < -0.3 is 46.2 Å². The van der Waals surface area contributed by atoms with Crippen LogP contribution in [0, 0.1) is 5.41 Å². The minimum absolute atomic E-state index is 0.0455. The number of benzene rings is 1. The fraction of sp³-hybridized carbons (Fsp3) is 0.629. The number of carbonyl (C=O) groups is 1. The highest BCUT2D eigenvalue weighted by atomic mass is 32.2. The molecule has 12 nitrogen and oxygen atoms in total. The summed E-state index contributed by atoms with van der Waals surface area (Å²) in [6.07, 6.45) is 1.18. The predicted octanol–water partition coefficient (Wildman–Crippen LogP) is 1.51. The molecule has 7 atom stereocenters. The third-order valence-electron chi connectivity index (χ3n) is 9.13. The number of rotatable bonds is 19. The SMILES string of the molecule is C=C(C=CC=C(C)NC(=O)CCCCNCC(O)C(O)C(O)C(O)CO)C1c2cc(N(C)C)ccc2S(=O)(=O)CC(CC)(CCC)C1O. The summed E-state index contributed by atoms with van der Waals surface area (Å²) in [6, 6.07) is 5.24. The molecule has 1 heterocycles. The third-order valence-corrected chi connectivity index (χ3v) is 11.1. The second kappa shape index (κ2) is 19.0. The zero-order valence-electron chi connectivity index (χ0n) is 29.0. The van der Waals surface area contributed by atoms with Gasteiger partial charge in [0.1, 0.15) is 18.3 Å². The van der Waals surface area contributed by atoms with E-state index in [0.717, 1.165) is 12.1 Å². The number of aliphatic hydroxyl groups excluding tert-OH is 6. The predicted molar refractivity (Wildman–Crippen MR) is 187 cm³/mol. The average molecular weight is 696 g/mol. The molecule has 0 fully saturated rings. The van der Waals surface area contributed by atoms with Crippen LogP contribution in [0.5, 0.6) is 0 Å². The number of nitrogens with one attached hydrogen (secondary N) is 2. The van der Waals surface area contributed by atoms with E-state index >= 15 is 0 Å². The number of sulfone groups is 1. The van der Waals surface area contributed by atoms with E-state index in [1.54, 1.807) is 37.3 Å². The highest BCUT2D eigenvalue weighted by Crippen LogP contribution is 2.49. The van der Waals surface area contributed by atoms with Gasteiger partial charge in [0.15, 0.2) is 9.84 Å². The van der Waals surface area contributed by atoms with E-state index in [0.29, 0.717) is 49.1 Å². The quantitative estimate of drug-likeness (QED) is 0.0771. The van der Waals surface area contributed by atoms with E-state index in [-0.39, 0.29) is 29.5 Å². The molecule has 8 N–H and O–H groups in total. The molecule has 0 aromatic heterocycles. The van der Waals surface area contributed by atoms with Gasteiger partial charge in [-0.1, -0.05) is 39.0 Å². The van der Waals surface area contributed by atoms with Crippen LogP contribution in [0.15, 0.2) is 59.2 Å². The van der Waals surface area contributed by atoms with Crippen molar-refractivity contribution in [3.8, 4) is 0 Å². The van der Waals surface area contributed by atoms with Crippen LogP contribution in [-0.2, 0) is 14.6 Å². The third kappa shape index (κ3) is 10.9. The van der Waals surface area contributed by atoms with Crippen LogP contribution in [0.4, 0.5) is 5.69 Å². The first-order valence-corrected chi connectivity index (χ1v) is 18.3. The van der Waals surface area contributed by atoms with Gasteiger partial charge in [-0.15, -0.1) is 0 Å². The summed E-state index contributed by atoms with van der Waals surface area (Å²) >= 11 is 0. The van der Waals surface area contributed by atoms with Gasteiger partial charge in [-0.25, -0.2) is 8.42 Å². The smallest absolute Gasteiger partial charge is 0.224 e. The molecule has 0 bridgehead atoms. The van der Waals surface area contributed by atoms with Gasteiger partial charge in [0, 0.05) is 49.8 Å². The van der Waals surface area contributed by atoms with E-state index in [4.69, 9.17) is 5.11 Å². The first-order valence-electron chi connectivity index (χ1n) is 16.6. The Bertz CT molecular complexity index is 1380. The Morgan fingerprint density at radius 3 is 2.40 bits per heavy atom. The molecule has 0 aliphatic carbocycles. The first kappa shape index (κ1) is 41.6. The lowest BCUT2D eigenvalue weighted by molar-refractivity contribution is -0.120. The van der Waals surface area contributed by atoms with Crippen molar-refractivity contribution in [3.05, 3.63) is 59.8 Å². The molecular weight excluding hydrogens is 638 g/mol. The van der Waals surface area contributed by atoms with Crippen LogP contribution in [0.25, 0.3) is 0 Å². The minimum atomic E-state index is -3.69. The largest absolute Gasteiger partial charge is 0.394 e. The van der Waals surface area contributed by atoms with Crippen LogP contribution >= 0.6 is 0 Å². The monoisotopic (exact) mass is 695 g/mol. The molecule has 1 aliphatic rings. The molecule has 0 saturated heterocycles. The fourth-order valence-corrected chi connectivity index (χ4v) is 8.48. The van der Waals surface area contributed by atoms with Gasteiger partial charge in [0.25, 0.3) is 0 Å². The van der Waals surface area contributed by atoms with Crippen molar-refractivity contribution < 1.29 is 43.9 Å². The summed E-state index contributed by atoms with van der Waals surface area (Å²) in [7, 11) is 0.0607. The van der Waals surface area contributed by atoms with Gasteiger partial charge in [-0.3, -0.25) is 4.79 Å². The van der Waals surface area contributed by atoms with Gasteiger partial charge in [0.05, 0.1) is 29.5 Å². The average Bonchev–Trinajstić information content (AvgIpc) is 3.11. The second-order valence-electron chi connectivity index (χ2n) is 13.1. The molecule has 1 aromatic carbocycles. The minimum Gasteiger partial charge on any atom is -0.394 e. The molecule has 272 valence electrons. The maximum Gasteiger partial charge on any atom is 0.224 e. The Kier molecular flexibility index (Phi) is 16.4. The number of fused-ring (bicyclic) bond motifs is 1. The molecule has 1 amide bonds. The molecule has 13 heteroatoms. The normalized spacial score (nSPS) is 23.5. The number of hydrogen-bond donors (Lipinski definition) is 8. The van der Waals surface area contributed by atoms with E-state index in [9.17, 15) is 38.7 Å². The van der Waals surface area contributed by atoms with Crippen LogP contribution in [0.3, 0.4) is 0 Å². The lowest BCUT2D eigenvalue weighted by atomic mass is 9.69. The number of anilines is 1. The number of unbranched alkanes of at least 4 members (excludes halogenated alkanes) is 1. The number of nitrogens with zero attached hydrogens (tertiary/aromatic N) is 1. The summed E-state index contributed by atoms with van der Waals surface area (Å²) in [6.45, 7) is 9.59. The number of aliphatic hydroxyl groups is 6. The van der Waals surface area contributed by atoms with E-state index in [2.05, 4.69) is 17.2 Å². The van der Waals surface area contributed by atoms with E-state index < -0.39 is 58.3 Å². The highest BCUT2D eigenvalue weighted by molar-refractivity contribution is 7.91. The van der Waals surface area contributed by atoms with E-state index in [1.165, 1.54) is 0 Å². The second-order valence-corrected chi connectivity index (χ2v) is 15.0. The molecule has 48 heavy (non-hydrogen) atoms. The van der Waals surface area contributed by atoms with Gasteiger partial charge in [-0.05, 0) is 74.6 Å². The van der Waals surface area contributed by atoms with Crippen LogP contribution in [-0.4, -0.2) is 115 Å². The van der Waals surface area contributed by atoms with Crippen molar-refractivity contribution in [1.82, 2.24) is 10.6 Å². The summed E-state index contributed by atoms with van der Waals surface area (Å²) in [5.41, 5.74) is 1.66. The Labute approximate surface area is 285 Å². The van der Waals surface area contributed by atoms with E-state index in [1.807, 2.05) is 38.9 Å². The summed E-state index contributed by atoms with van der Waals surface area (Å²) in [5.74, 6) is -0.979. The van der Waals surface area contributed by atoms with Crippen molar-refractivity contribution in [2.75, 3.05) is 44.4 Å². The number of allylic oxidation sites excluding steroid dienone is 4. The maximum absolute atomic E-state index is 13.7. The Hall–Kier alpha value is -2.62. The molecule has 7 unspecified atom stereocenters. The molecule has 0 spiro atoms. The van der Waals surface area contributed by atoms with Crippen molar-refractivity contribution in [2.45, 2.75) is 101 Å². The highest BCUT2D eigenvalue weighted by Gasteiger charge is 2.48. The molecule has 0 radical (unpaired) electrons. The van der Waals surface area contributed by atoms with Crippen molar-refractivity contribution in [1.29, 1.82) is 0 Å². The number of hydrogen-bond acceptors (Lipinski definition) is 11. The van der Waals surface area contributed by atoms with Crippen LogP contribution < -0.4 is 15.5 Å². The molecule has 1 aliphatic heterocycles. The molecule has 2 rings (SSSR count). The van der Waals surface area contributed by atoms with Crippen LogP contribution in [0.1, 0.15) is 70.8 Å². The Morgan fingerprint density at radius 1 is 1.12 bits per heavy atom. The van der Waals surface area contributed by atoms with Gasteiger partial charge in [-0.2, -0.15) is 0 Å². The van der Waals surface area contributed by atoms with Crippen molar-refractivity contribution >= 4 is 21.4 Å². The lowest BCUT2D eigenvalue weighted by Gasteiger charge is -2.39. The molecule has 0 saturated carbocycles. The number of amides is 1. The van der Waals surface area contributed by atoms with Crippen molar-refractivity contribution in [2.24, 2.45) is 5.41 Å².